The molecule has 10 nitrogen and oxygen atoms in total. The van der Waals surface area contributed by atoms with E-state index >= 15 is 0 Å². The van der Waals surface area contributed by atoms with Gasteiger partial charge >= 0.3 is 0 Å². The zero-order chi connectivity index (χ0) is 22.6. The maximum absolute atomic E-state index is 12.9. The van der Waals surface area contributed by atoms with Crippen molar-refractivity contribution in [3.8, 4) is 0 Å². The number of thiophene rings is 1. The number of thioether (sulfide) groups is 1. The molecule has 1 aromatic carbocycles. The molecule has 1 aliphatic rings. The van der Waals surface area contributed by atoms with Crippen LogP contribution >= 0.6 is 23.1 Å². The minimum atomic E-state index is -3.64. The van der Waals surface area contributed by atoms with Crippen molar-refractivity contribution in [3.05, 3.63) is 46.7 Å². The molecule has 32 heavy (non-hydrogen) atoms. The van der Waals surface area contributed by atoms with Crippen molar-refractivity contribution < 1.29 is 17.9 Å². The molecule has 3 aromatic rings. The van der Waals surface area contributed by atoms with Crippen molar-refractivity contribution in [2.45, 2.75) is 28.8 Å². The van der Waals surface area contributed by atoms with Crippen LogP contribution in [0.3, 0.4) is 0 Å². The lowest BCUT2D eigenvalue weighted by atomic mass is 10.3. The molecule has 4 rings (SSSR count). The number of carbonyl (C=O) groups excluding carboxylic acids is 1. The molecule has 0 bridgehead atoms. The van der Waals surface area contributed by atoms with Crippen LogP contribution in [0.15, 0.2) is 51.8 Å². The molecule has 0 spiro atoms. The number of sulfonamides is 1. The molecule has 0 unspecified atom stereocenters. The van der Waals surface area contributed by atoms with Gasteiger partial charge in [0.15, 0.2) is 0 Å². The number of hydrogen-bond acceptors (Lipinski definition) is 9. The van der Waals surface area contributed by atoms with Crippen LogP contribution in [0, 0.1) is 0 Å². The molecule has 13 heteroatoms. The Balaban J connectivity index is 1.41. The van der Waals surface area contributed by atoms with Gasteiger partial charge in [-0.1, -0.05) is 23.9 Å². The van der Waals surface area contributed by atoms with Gasteiger partial charge in [-0.2, -0.15) is 4.31 Å². The van der Waals surface area contributed by atoms with Crippen LogP contribution in [-0.4, -0.2) is 70.4 Å². The van der Waals surface area contributed by atoms with Crippen LogP contribution in [0.25, 0.3) is 0 Å². The number of carbonyl (C=O) groups is 1. The number of amides is 1. The number of benzene rings is 1. The molecule has 170 valence electrons. The van der Waals surface area contributed by atoms with Crippen LogP contribution in [-0.2, 0) is 26.1 Å². The Morgan fingerprint density at radius 1 is 1.28 bits per heavy atom. The molecule has 0 saturated carbocycles. The van der Waals surface area contributed by atoms with E-state index in [4.69, 9.17) is 4.74 Å². The van der Waals surface area contributed by atoms with E-state index < -0.39 is 15.3 Å². The number of anilines is 1. The number of rotatable bonds is 8. The van der Waals surface area contributed by atoms with Gasteiger partial charge in [-0.05, 0) is 47.0 Å². The van der Waals surface area contributed by atoms with Crippen molar-refractivity contribution in [3.63, 3.8) is 0 Å². The van der Waals surface area contributed by atoms with E-state index in [1.165, 1.54) is 28.2 Å². The maximum Gasteiger partial charge on any atom is 0.243 e. The summed E-state index contributed by atoms with van der Waals surface area (Å²) in [6.45, 7) is 3.65. The fraction of sp³-hybridized carbons (Fsp3) is 0.368. The monoisotopic (exact) mass is 494 g/mol. The van der Waals surface area contributed by atoms with Crippen molar-refractivity contribution in [2.75, 3.05) is 31.6 Å². The molecule has 1 aliphatic heterocycles. The van der Waals surface area contributed by atoms with Crippen molar-refractivity contribution in [2.24, 2.45) is 0 Å². The van der Waals surface area contributed by atoms with E-state index in [1.807, 2.05) is 17.5 Å². The summed E-state index contributed by atoms with van der Waals surface area (Å²) >= 11 is 2.84. The Bertz CT molecular complexity index is 1160. The quantitative estimate of drug-likeness (QED) is 0.472. The summed E-state index contributed by atoms with van der Waals surface area (Å²) < 4.78 is 34.0. The van der Waals surface area contributed by atoms with Gasteiger partial charge in [0.1, 0.15) is 0 Å². The van der Waals surface area contributed by atoms with Gasteiger partial charge in [-0.15, -0.1) is 16.4 Å². The first kappa shape index (κ1) is 22.9. The highest BCUT2D eigenvalue weighted by Crippen LogP contribution is 2.24. The number of hydrogen-bond donors (Lipinski definition) is 1. The molecule has 0 aliphatic carbocycles. The van der Waals surface area contributed by atoms with Crippen LogP contribution in [0.1, 0.15) is 11.8 Å². The van der Waals surface area contributed by atoms with Gasteiger partial charge in [0, 0.05) is 23.7 Å². The zero-order valence-corrected chi connectivity index (χ0v) is 19.7. The molecule has 1 saturated heterocycles. The fourth-order valence-electron chi connectivity index (χ4n) is 3.06. The number of morpholine rings is 1. The average Bonchev–Trinajstić information content (AvgIpc) is 3.47. The van der Waals surface area contributed by atoms with Crippen LogP contribution in [0.2, 0.25) is 0 Å². The lowest BCUT2D eigenvalue weighted by Gasteiger charge is -2.26. The van der Waals surface area contributed by atoms with E-state index in [-0.39, 0.29) is 10.8 Å². The summed E-state index contributed by atoms with van der Waals surface area (Å²) in [5.41, 5.74) is 0.412. The largest absolute Gasteiger partial charge is 0.379 e. The minimum Gasteiger partial charge on any atom is -0.379 e. The SMILES string of the molecule is C[C@H](Sc1nnnn1Cc1cccs1)C(=O)Nc1cccc(S(=O)(=O)N2CCOCC2)c1. The smallest absolute Gasteiger partial charge is 0.243 e. The third-order valence-corrected chi connectivity index (χ3v) is 8.57. The number of aromatic nitrogens is 4. The Kier molecular flexibility index (Phi) is 7.20. The summed E-state index contributed by atoms with van der Waals surface area (Å²) in [6.07, 6.45) is 0. The lowest BCUT2D eigenvalue weighted by Crippen LogP contribution is -2.40. The lowest BCUT2D eigenvalue weighted by molar-refractivity contribution is -0.115. The van der Waals surface area contributed by atoms with Gasteiger partial charge in [0.25, 0.3) is 0 Å². The molecule has 1 atom stereocenters. The van der Waals surface area contributed by atoms with Gasteiger partial charge < -0.3 is 10.1 Å². The van der Waals surface area contributed by atoms with Gasteiger partial charge in [0.05, 0.1) is 29.9 Å². The molecule has 1 N–H and O–H groups in total. The Labute approximate surface area is 194 Å². The number of ether oxygens (including phenoxy) is 1. The summed E-state index contributed by atoms with van der Waals surface area (Å²) in [4.78, 5) is 14.0. The summed E-state index contributed by atoms with van der Waals surface area (Å²) in [5.74, 6) is -0.276. The standard InChI is InChI=1S/C19H22N6O4S3/c1-14(31-19-21-22-23-25(19)13-16-5-3-11-30-16)18(26)20-15-4-2-6-17(12-15)32(27,28)24-7-9-29-10-8-24/h2-6,11-12,14H,7-10,13H2,1H3,(H,20,26)/t14-/m0/s1. The van der Waals surface area contributed by atoms with Gasteiger partial charge in [-0.25, -0.2) is 13.1 Å². The Morgan fingerprint density at radius 2 is 2.09 bits per heavy atom. The average molecular weight is 495 g/mol. The fourth-order valence-corrected chi connectivity index (χ4v) is 5.98. The third-order valence-electron chi connectivity index (χ3n) is 4.75. The summed E-state index contributed by atoms with van der Waals surface area (Å²) in [7, 11) is -3.64. The highest BCUT2D eigenvalue weighted by atomic mass is 32.2. The summed E-state index contributed by atoms with van der Waals surface area (Å²) in [5, 5.41) is 16.5. The molecule has 0 radical (unpaired) electrons. The second-order valence-electron chi connectivity index (χ2n) is 6.99. The molecule has 1 fully saturated rings. The van der Waals surface area contributed by atoms with Crippen LogP contribution < -0.4 is 5.32 Å². The molecule has 2 aromatic heterocycles. The third kappa shape index (κ3) is 5.35. The minimum absolute atomic E-state index is 0.136. The second kappa shape index (κ2) is 10.1. The Morgan fingerprint density at radius 3 is 2.84 bits per heavy atom. The zero-order valence-electron chi connectivity index (χ0n) is 17.2. The van der Waals surface area contributed by atoms with Crippen LogP contribution in [0.4, 0.5) is 5.69 Å². The highest BCUT2D eigenvalue weighted by Gasteiger charge is 2.27. The van der Waals surface area contributed by atoms with Crippen molar-refractivity contribution >= 4 is 44.7 Å². The predicted octanol–water partition coefficient (Wildman–Crippen LogP) is 1.92. The first-order valence-corrected chi connectivity index (χ1v) is 13.1. The topological polar surface area (TPSA) is 119 Å². The van der Waals surface area contributed by atoms with E-state index in [9.17, 15) is 13.2 Å². The number of tetrazole rings is 1. The van der Waals surface area contributed by atoms with Crippen molar-refractivity contribution in [1.82, 2.24) is 24.5 Å². The van der Waals surface area contributed by atoms with Gasteiger partial charge in [-0.3, -0.25) is 4.79 Å². The predicted molar refractivity (Wildman–Crippen MR) is 121 cm³/mol. The molecular formula is C19H22N6O4S3. The number of nitrogens with zero attached hydrogens (tertiary/aromatic N) is 5. The normalized spacial score (nSPS) is 16.0. The summed E-state index contributed by atoms with van der Waals surface area (Å²) in [6, 6.07) is 10.2. The molecular weight excluding hydrogens is 472 g/mol. The molecule has 1 amide bonds. The second-order valence-corrected chi connectivity index (χ2v) is 11.3. The van der Waals surface area contributed by atoms with Crippen LogP contribution in [0.5, 0.6) is 0 Å². The van der Waals surface area contributed by atoms with E-state index in [0.29, 0.717) is 43.7 Å². The molecule has 3 heterocycles. The maximum atomic E-state index is 12.9. The highest BCUT2D eigenvalue weighted by molar-refractivity contribution is 8.00. The van der Waals surface area contributed by atoms with E-state index in [0.717, 1.165) is 4.88 Å². The van der Waals surface area contributed by atoms with Crippen molar-refractivity contribution in [1.29, 1.82) is 0 Å². The van der Waals surface area contributed by atoms with E-state index in [2.05, 4.69) is 20.8 Å². The number of nitrogens with one attached hydrogen (secondary N) is 1. The first-order chi connectivity index (χ1) is 15.4. The van der Waals surface area contributed by atoms with E-state index in [1.54, 1.807) is 35.1 Å². The van der Waals surface area contributed by atoms with Gasteiger partial charge in [0.2, 0.25) is 21.1 Å². The first-order valence-electron chi connectivity index (χ1n) is 9.87. The Hall–Kier alpha value is -2.32.